The number of amides is 2. The summed E-state index contributed by atoms with van der Waals surface area (Å²) in [6.45, 7) is 4.53. The van der Waals surface area contributed by atoms with Crippen LogP contribution in [0.3, 0.4) is 0 Å². The molecule has 0 radical (unpaired) electrons. The van der Waals surface area contributed by atoms with Crippen LogP contribution in [0.4, 0.5) is 5.69 Å². The van der Waals surface area contributed by atoms with Crippen LogP contribution < -0.4 is 16.0 Å². The van der Waals surface area contributed by atoms with Crippen molar-refractivity contribution in [2.75, 3.05) is 17.2 Å². The molecule has 0 fully saturated rings. The van der Waals surface area contributed by atoms with E-state index in [0.29, 0.717) is 41.5 Å². The van der Waals surface area contributed by atoms with Gasteiger partial charge in [0.15, 0.2) is 0 Å². The van der Waals surface area contributed by atoms with E-state index >= 15 is 0 Å². The van der Waals surface area contributed by atoms with E-state index in [1.54, 1.807) is 35.2 Å². The van der Waals surface area contributed by atoms with Crippen LogP contribution in [-0.2, 0) is 11.3 Å². The van der Waals surface area contributed by atoms with Gasteiger partial charge in [0.1, 0.15) is 0 Å². The maximum Gasteiger partial charge on any atom is 0.251 e. The molecule has 0 spiro atoms. The first-order chi connectivity index (χ1) is 13.5. The molecule has 1 aliphatic heterocycles. The fraction of sp³-hybridized carbons (Fsp3) is 0.238. The lowest BCUT2D eigenvalue weighted by Crippen LogP contribution is -2.44. The zero-order valence-corrected chi connectivity index (χ0v) is 18.2. The van der Waals surface area contributed by atoms with E-state index in [-0.39, 0.29) is 24.2 Å². The summed E-state index contributed by atoms with van der Waals surface area (Å²) in [5.41, 5.74) is 8.23. The first kappa shape index (κ1) is 23.3. The number of thioether (sulfide) groups is 1. The summed E-state index contributed by atoms with van der Waals surface area (Å²) >= 11 is 7.49. The third kappa shape index (κ3) is 5.76. The zero-order valence-electron chi connectivity index (χ0n) is 15.8. The Hall–Kier alpha value is -1.99. The smallest absolute Gasteiger partial charge is 0.251 e. The highest BCUT2D eigenvalue weighted by Crippen LogP contribution is 2.36. The minimum atomic E-state index is -0.602. The molecule has 154 valence electrons. The second-order valence-corrected chi connectivity index (χ2v) is 7.98. The molecule has 5 nitrogen and oxygen atoms in total. The van der Waals surface area contributed by atoms with Gasteiger partial charge in [0, 0.05) is 27.8 Å². The van der Waals surface area contributed by atoms with Crippen molar-refractivity contribution in [2.45, 2.75) is 23.9 Å². The maximum absolute atomic E-state index is 12.9. The van der Waals surface area contributed by atoms with Crippen molar-refractivity contribution >= 4 is 53.3 Å². The molecule has 0 saturated heterocycles. The molecule has 0 bridgehead atoms. The van der Waals surface area contributed by atoms with Gasteiger partial charge in [0.05, 0.1) is 18.3 Å². The minimum absolute atomic E-state index is 0. The molecule has 0 aromatic heterocycles. The number of hydrogen-bond donors (Lipinski definition) is 2. The molecule has 8 heteroatoms. The summed E-state index contributed by atoms with van der Waals surface area (Å²) in [6.07, 6.45) is 2.45. The van der Waals surface area contributed by atoms with Crippen molar-refractivity contribution in [3.63, 3.8) is 0 Å². The van der Waals surface area contributed by atoms with Crippen molar-refractivity contribution in [2.24, 2.45) is 5.73 Å². The molecule has 1 atom stereocenters. The van der Waals surface area contributed by atoms with Gasteiger partial charge < -0.3 is 16.0 Å². The Balaban J connectivity index is 0.00000300. The quantitative estimate of drug-likeness (QED) is 0.513. The average molecular weight is 452 g/mol. The van der Waals surface area contributed by atoms with Gasteiger partial charge in [-0.25, -0.2) is 0 Å². The van der Waals surface area contributed by atoms with E-state index < -0.39 is 6.04 Å². The molecule has 0 saturated carbocycles. The van der Waals surface area contributed by atoms with Gasteiger partial charge in [0.25, 0.3) is 5.91 Å². The van der Waals surface area contributed by atoms with Crippen LogP contribution in [0.15, 0.2) is 60.0 Å². The highest BCUT2D eigenvalue weighted by Gasteiger charge is 2.29. The SMILES string of the molecule is C=CCCNC(=O)c1ccc2c(c1)N(Cc1ccc(Cl)cc1)C(=O)[C@@H](N)CS2.Cl. The maximum atomic E-state index is 12.9. The second-order valence-electron chi connectivity index (χ2n) is 6.48. The minimum Gasteiger partial charge on any atom is -0.352 e. The summed E-state index contributed by atoms with van der Waals surface area (Å²) in [5.74, 6) is 0.154. The Morgan fingerprint density at radius 1 is 1.31 bits per heavy atom. The number of nitrogens with zero attached hydrogens (tertiary/aromatic N) is 1. The standard InChI is InChI=1S/C21H22ClN3O2S.ClH/c1-2-3-10-24-20(26)15-6-9-19-18(11-15)25(21(27)17(23)13-28-19)12-14-4-7-16(22)8-5-14;/h2,4-9,11,17H,1,3,10,12-13,23H2,(H,24,26);1H/t17-;/m0./s1. The molecule has 2 aromatic carbocycles. The summed E-state index contributed by atoms with van der Waals surface area (Å²) in [7, 11) is 0. The van der Waals surface area contributed by atoms with Gasteiger partial charge in [-0.1, -0.05) is 29.8 Å². The third-order valence-electron chi connectivity index (χ3n) is 4.40. The molecular formula is C21H23Cl2N3O2S. The van der Waals surface area contributed by atoms with E-state index in [9.17, 15) is 9.59 Å². The van der Waals surface area contributed by atoms with E-state index in [1.165, 1.54) is 11.8 Å². The predicted octanol–water partition coefficient (Wildman–Crippen LogP) is 4.03. The fourth-order valence-electron chi connectivity index (χ4n) is 2.89. The molecule has 3 rings (SSSR count). The van der Waals surface area contributed by atoms with Crippen LogP contribution in [0.2, 0.25) is 5.02 Å². The van der Waals surface area contributed by atoms with Gasteiger partial charge >= 0.3 is 0 Å². The molecular weight excluding hydrogens is 429 g/mol. The Labute approximate surface area is 186 Å². The lowest BCUT2D eigenvalue weighted by atomic mass is 10.1. The molecule has 2 aromatic rings. The molecule has 1 aliphatic rings. The highest BCUT2D eigenvalue weighted by atomic mass is 35.5. The van der Waals surface area contributed by atoms with Gasteiger partial charge in [-0.2, -0.15) is 0 Å². The first-order valence-corrected chi connectivity index (χ1v) is 10.3. The Kier molecular flexibility index (Phi) is 8.59. The normalized spacial score (nSPS) is 15.7. The van der Waals surface area contributed by atoms with E-state index in [4.69, 9.17) is 17.3 Å². The highest BCUT2D eigenvalue weighted by molar-refractivity contribution is 7.99. The van der Waals surface area contributed by atoms with Crippen molar-refractivity contribution in [1.82, 2.24) is 5.32 Å². The number of nitrogens with one attached hydrogen (secondary N) is 1. The zero-order chi connectivity index (χ0) is 20.1. The number of benzene rings is 2. The average Bonchev–Trinajstić information content (AvgIpc) is 2.81. The number of rotatable bonds is 6. The van der Waals surface area contributed by atoms with Gasteiger partial charge in [-0.15, -0.1) is 30.7 Å². The van der Waals surface area contributed by atoms with Crippen molar-refractivity contribution < 1.29 is 9.59 Å². The van der Waals surface area contributed by atoms with Crippen LogP contribution in [0.1, 0.15) is 22.3 Å². The van der Waals surface area contributed by atoms with Crippen molar-refractivity contribution in [3.8, 4) is 0 Å². The third-order valence-corrected chi connectivity index (χ3v) is 5.84. The van der Waals surface area contributed by atoms with E-state index in [1.807, 2.05) is 18.2 Å². The summed E-state index contributed by atoms with van der Waals surface area (Å²) < 4.78 is 0. The van der Waals surface area contributed by atoms with Gasteiger partial charge in [-0.05, 0) is 42.3 Å². The number of nitrogens with two attached hydrogens (primary N) is 1. The summed E-state index contributed by atoms with van der Waals surface area (Å²) in [6, 6.07) is 12.2. The summed E-state index contributed by atoms with van der Waals surface area (Å²) in [5, 5.41) is 3.49. The lowest BCUT2D eigenvalue weighted by molar-refractivity contribution is -0.119. The molecule has 29 heavy (non-hydrogen) atoms. The molecule has 0 aliphatic carbocycles. The predicted molar refractivity (Wildman–Crippen MR) is 122 cm³/mol. The van der Waals surface area contributed by atoms with Crippen molar-refractivity contribution in [3.05, 3.63) is 71.3 Å². The fourth-order valence-corrected chi connectivity index (χ4v) is 4.00. The number of fused-ring (bicyclic) bond motifs is 1. The number of anilines is 1. The number of carbonyl (C=O) groups is 2. The van der Waals surface area contributed by atoms with E-state index in [2.05, 4.69) is 11.9 Å². The molecule has 0 unspecified atom stereocenters. The van der Waals surface area contributed by atoms with Crippen LogP contribution in [0.25, 0.3) is 0 Å². The van der Waals surface area contributed by atoms with Crippen LogP contribution in [-0.4, -0.2) is 30.2 Å². The van der Waals surface area contributed by atoms with Crippen molar-refractivity contribution in [1.29, 1.82) is 0 Å². The monoisotopic (exact) mass is 451 g/mol. The Bertz CT molecular complexity index is 890. The largest absolute Gasteiger partial charge is 0.352 e. The molecule has 3 N–H and O–H groups in total. The van der Waals surface area contributed by atoms with Crippen LogP contribution in [0, 0.1) is 0 Å². The Morgan fingerprint density at radius 2 is 2.03 bits per heavy atom. The molecule has 1 heterocycles. The van der Waals surface area contributed by atoms with Crippen LogP contribution in [0.5, 0.6) is 0 Å². The summed E-state index contributed by atoms with van der Waals surface area (Å²) in [4.78, 5) is 28.0. The van der Waals surface area contributed by atoms with E-state index in [0.717, 1.165) is 10.5 Å². The second kappa shape index (κ2) is 10.7. The number of halogens is 2. The van der Waals surface area contributed by atoms with Crippen LogP contribution >= 0.6 is 35.8 Å². The number of hydrogen-bond acceptors (Lipinski definition) is 4. The Morgan fingerprint density at radius 3 is 2.72 bits per heavy atom. The topological polar surface area (TPSA) is 75.4 Å². The number of carbonyl (C=O) groups excluding carboxylic acids is 2. The first-order valence-electron chi connectivity index (χ1n) is 8.97. The molecule has 2 amide bonds. The lowest BCUT2D eigenvalue weighted by Gasteiger charge is -2.25. The van der Waals surface area contributed by atoms with Gasteiger partial charge in [-0.3, -0.25) is 9.59 Å². The van der Waals surface area contributed by atoms with Gasteiger partial charge in [0.2, 0.25) is 5.91 Å².